The van der Waals surface area contributed by atoms with Crippen molar-refractivity contribution in [3.63, 3.8) is 0 Å². The van der Waals surface area contributed by atoms with E-state index in [1.807, 2.05) is 0 Å². The molecule has 0 amide bonds. The zero-order valence-electron chi connectivity index (χ0n) is 16.6. The third-order valence-corrected chi connectivity index (χ3v) is 154. The molecule has 0 spiro atoms. The van der Waals surface area contributed by atoms with Crippen molar-refractivity contribution in [2.24, 2.45) is 0 Å². The maximum absolute atomic E-state index is 6.92. The fraction of sp³-hybridized carbons (Fsp3) is 1.00. The Kier molecular flexibility index (Phi) is 7.79. The van der Waals surface area contributed by atoms with Crippen LogP contribution < -0.4 is 0 Å². The van der Waals surface area contributed by atoms with Gasteiger partial charge >= 0.3 is 5.67 Å². The van der Waals surface area contributed by atoms with E-state index in [9.17, 15) is 0 Å². The molecule has 0 aromatic rings. The van der Waals surface area contributed by atoms with Crippen molar-refractivity contribution in [3.8, 4) is 0 Å². The fourth-order valence-corrected chi connectivity index (χ4v) is 290. The summed E-state index contributed by atoms with van der Waals surface area (Å²) in [6, 6.07) is 0. The van der Waals surface area contributed by atoms with Crippen LogP contribution >= 0.6 is 39.8 Å². The van der Waals surface area contributed by atoms with Crippen LogP contribution in [0.4, 0.5) is 0 Å². The zero-order chi connectivity index (χ0) is 18.6. The van der Waals surface area contributed by atoms with E-state index in [1.165, 1.54) is 0 Å². The standard InChI is InChI=1S/C12H36Cl3PSi6/c1-17(2,3)16(21(13,14)15)22(18(4,5)6,19(7,8)9)20(10,11)12/h1-12H3. The van der Waals surface area contributed by atoms with Crippen LogP contribution in [0.15, 0.2) is 0 Å². The Morgan fingerprint density at radius 1 is 0.500 bits per heavy atom. The molecule has 0 aliphatic heterocycles. The van der Waals surface area contributed by atoms with Crippen LogP contribution in [0.25, 0.3) is 0 Å². The molecule has 0 nitrogen and oxygen atoms in total. The average molecular weight is 486 g/mol. The van der Waals surface area contributed by atoms with Gasteiger partial charge in [0.1, 0.15) is 0 Å². The lowest BCUT2D eigenvalue weighted by Gasteiger charge is -2.65. The maximum atomic E-state index is 6.92. The normalized spacial score (nSPS) is 17.6. The number of hydrogen-bond donors (Lipinski definition) is 0. The second kappa shape index (κ2) is 6.97. The fourth-order valence-electron chi connectivity index (χ4n) is 5.45. The van der Waals surface area contributed by atoms with E-state index >= 15 is 0 Å². The van der Waals surface area contributed by atoms with E-state index in [1.54, 1.807) is 0 Å². The third-order valence-electron chi connectivity index (χ3n) is 4.52. The summed E-state index contributed by atoms with van der Waals surface area (Å²) in [4.78, 5) is 0. The summed E-state index contributed by atoms with van der Waals surface area (Å²) in [5, 5.41) is 0. The van der Waals surface area contributed by atoms with Crippen LogP contribution in [0.3, 0.4) is 0 Å². The van der Waals surface area contributed by atoms with Gasteiger partial charge in [-0.15, -0.1) is 39.8 Å². The first-order chi connectivity index (χ1) is 9.12. The van der Waals surface area contributed by atoms with Gasteiger partial charge in [-0.3, -0.25) is 0 Å². The van der Waals surface area contributed by atoms with E-state index in [0.29, 0.717) is 0 Å². The van der Waals surface area contributed by atoms with E-state index in [4.69, 9.17) is 33.2 Å². The lowest BCUT2D eigenvalue weighted by atomic mass is 11.8. The van der Waals surface area contributed by atoms with Crippen molar-refractivity contribution in [2.75, 3.05) is 0 Å². The summed E-state index contributed by atoms with van der Waals surface area (Å²) in [7, 11) is -5.64. The van der Waals surface area contributed by atoms with Gasteiger partial charge in [-0.1, -0.05) is 78.6 Å². The summed E-state index contributed by atoms with van der Waals surface area (Å²) in [6.07, 6.45) is -1.59. The molecule has 10 heteroatoms. The molecule has 134 valence electrons. The van der Waals surface area contributed by atoms with E-state index < -0.39 is 42.5 Å². The SMILES string of the molecule is C[Si](C)(C)P([Si](Cl)(Cl)Cl)[Si]([Si](C)(C)C)([Si](C)(C)C)[Si](C)(C)C. The average Bonchev–Trinajstić information content (AvgIpc) is 2.02. The van der Waals surface area contributed by atoms with Crippen LogP contribution in [-0.2, 0) is 0 Å². The van der Waals surface area contributed by atoms with E-state index in [2.05, 4.69) is 78.6 Å². The molecule has 0 heterocycles. The number of hydrogen-bond acceptors (Lipinski definition) is 0. The highest BCUT2D eigenvalue weighted by atomic mass is 35.9. The molecule has 0 radical (unpaired) electrons. The predicted molar refractivity (Wildman–Crippen MR) is 129 cm³/mol. The number of halogens is 3. The Hall–Kier alpha value is 2.60. The van der Waals surface area contributed by atoms with Gasteiger partial charge in [-0.25, -0.2) is 0 Å². The van der Waals surface area contributed by atoms with Gasteiger partial charge in [-0.05, 0) is 0 Å². The monoisotopic (exact) mass is 484 g/mol. The highest BCUT2D eigenvalue weighted by Crippen LogP contribution is 2.71. The molecule has 0 N–H and O–H groups in total. The van der Waals surface area contributed by atoms with Crippen molar-refractivity contribution < 1.29 is 0 Å². The van der Waals surface area contributed by atoms with Gasteiger partial charge in [0.2, 0.25) is 0 Å². The second-order valence-corrected chi connectivity index (χ2v) is 85.2. The molecule has 22 heavy (non-hydrogen) atoms. The van der Waals surface area contributed by atoms with E-state index in [-0.39, 0.29) is 6.57 Å². The van der Waals surface area contributed by atoms with Crippen LogP contribution in [0.2, 0.25) is 78.6 Å². The second-order valence-electron chi connectivity index (χ2n) is 10.4. The molecular formula is C12H36Cl3PSi6. The van der Waals surface area contributed by atoms with Crippen LogP contribution in [0, 0.1) is 0 Å². The molecule has 0 saturated heterocycles. The predicted octanol–water partition coefficient (Wildman–Crippen LogP) is 7.65. The van der Waals surface area contributed by atoms with E-state index in [0.717, 1.165) is 0 Å². The molecule has 0 saturated carbocycles. The van der Waals surface area contributed by atoms with Gasteiger partial charge in [-0.2, -0.15) is 0 Å². The lowest BCUT2D eigenvalue weighted by molar-refractivity contribution is 1.76. The zero-order valence-corrected chi connectivity index (χ0v) is 25.7. The minimum absolute atomic E-state index is 0.356. The molecule has 0 bridgehead atoms. The summed E-state index contributed by atoms with van der Waals surface area (Å²) < 4.78 is 0. The minimum atomic E-state index is -2.68. The Morgan fingerprint density at radius 3 is 0.773 bits per heavy atom. The third kappa shape index (κ3) is 4.65. The highest BCUT2D eigenvalue weighted by Gasteiger charge is 2.71. The lowest BCUT2D eigenvalue weighted by Crippen LogP contribution is -2.83. The van der Waals surface area contributed by atoms with Crippen molar-refractivity contribution in [2.45, 2.75) is 78.6 Å². The summed E-state index contributed by atoms with van der Waals surface area (Å²) in [6.45, 7) is 30.7. The maximum Gasteiger partial charge on any atom is 0.357 e. The smallest absolute Gasteiger partial charge is 0.122 e. The molecule has 1 unspecified atom stereocenters. The topological polar surface area (TPSA) is 0 Å². The number of rotatable bonds is 6. The summed E-state index contributed by atoms with van der Waals surface area (Å²) in [5.41, 5.74) is -2.68. The quantitative estimate of drug-likeness (QED) is 0.206. The van der Waals surface area contributed by atoms with Crippen molar-refractivity contribution >= 4 is 82.3 Å². The van der Waals surface area contributed by atoms with Gasteiger partial charge < -0.3 is 0 Å². The Bertz CT molecular complexity index is 347. The van der Waals surface area contributed by atoms with Gasteiger partial charge in [0.05, 0.1) is 14.0 Å². The molecule has 0 aliphatic rings. The summed E-state index contributed by atoms with van der Waals surface area (Å²) in [5.74, 6) is 0. The minimum Gasteiger partial charge on any atom is -0.122 e. The first kappa shape index (κ1) is 24.6. The molecule has 1 atom stereocenters. The molecule has 0 fully saturated rings. The first-order valence-corrected chi connectivity index (χ1v) is 35.9. The van der Waals surface area contributed by atoms with Gasteiger partial charge in [0, 0.05) is 22.8 Å². The van der Waals surface area contributed by atoms with Crippen LogP contribution in [0.1, 0.15) is 0 Å². The molecule has 0 rings (SSSR count). The summed E-state index contributed by atoms with van der Waals surface area (Å²) >= 11 is 20.8. The molecule has 0 aliphatic carbocycles. The Morgan fingerprint density at radius 2 is 0.727 bits per heavy atom. The van der Waals surface area contributed by atoms with Crippen molar-refractivity contribution in [1.29, 1.82) is 0 Å². The van der Waals surface area contributed by atoms with Gasteiger partial charge in [0.25, 0.3) is 0 Å². The van der Waals surface area contributed by atoms with Crippen LogP contribution in [-0.4, -0.2) is 42.5 Å². The highest BCUT2D eigenvalue weighted by molar-refractivity contribution is 8.59. The van der Waals surface area contributed by atoms with Crippen LogP contribution in [0.5, 0.6) is 0 Å². The molecule has 0 aromatic heterocycles. The Balaban J connectivity index is 7.05. The van der Waals surface area contributed by atoms with Crippen molar-refractivity contribution in [3.05, 3.63) is 0 Å². The molecule has 0 aromatic carbocycles. The van der Waals surface area contributed by atoms with Gasteiger partial charge in [0.15, 0.2) is 0 Å². The Labute approximate surface area is 159 Å². The largest absolute Gasteiger partial charge is 0.357 e. The van der Waals surface area contributed by atoms with Crippen molar-refractivity contribution in [1.82, 2.24) is 0 Å². The molecular weight excluding hydrogens is 450 g/mol. The first-order valence-electron chi connectivity index (χ1n) is 7.99.